The summed E-state index contributed by atoms with van der Waals surface area (Å²) in [4.78, 5) is 40.3. The number of carbonyl (C=O) groups is 3. The fourth-order valence-electron chi connectivity index (χ4n) is 4.31. The molecule has 2 saturated heterocycles. The molecule has 8 nitrogen and oxygen atoms in total. The van der Waals surface area contributed by atoms with Gasteiger partial charge < -0.3 is 14.4 Å². The summed E-state index contributed by atoms with van der Waals surface area (Å²) in [5.74, 6) is -1.41. The topological polar surface area (TPSA) is 88.2 Å². The Balaban J connectivity index is 1.31. The lowest BCUT2D eigenvalue weighted by molar-refractivity contribution is -0.136. The van der Waals surface area contributed by atoms with Crippen molar-refractivity contribution in [1.82, 2.24) is 15.1 Å². The van der Waals surface area contributed by atoms with E-state index in [4.69, 9.17) is 12.2 Å². The first-order valence-corrected chi connectivity index (χ1v) is 11.2. The van der Waals surface area contributed by atoms with E-state index in [0.717, 1.165) is 43.3 Å². The van der Waals surface area contributed by atoms with Gasteiger partial charge in [0, 0.05) is 37.2 Å². The lowest BCUT2D eigenvalue weighted by Crippen LogP contribution is -2.52. The summed E-state index contributed by atoms with van der Waals surface area (Å²) < 4.78 is 28.8. The number of carbonyl (C=O) groups excluding carboxylic acids is 3. The van der Waals surface area contributed by atoms with Crippen molar-refractivity contribution in [3.05, 3.63) is 64.7 Å². The minimum Gasteiger partial charge on any atom is -0.489 e. The molecule has 1 N–H and O–H groups in total. The molecule has 5 rings (SSSR count). The van der Waals surface area contributed by atoms with E-state index in [0.29, 0.717) is 0 Å². The lowest BCUT2D eigenvalue weighted by atomic mass is 10.0. The number of nitrogens with one attached hydrogen (secondary N) is 1. The van der Waals surface area contributed by atoms with E-state index in [9.17, 15) is 14.4 Å². The summed E-state index contributed by atoms with van der Waals surface area (Å²) in [7, 11) is 0. The predicted octanol–water partition coefficient (Wildman–Crippen LogP) is 1.86. The average Bonchev–Trinajstić information content (AvgIpc) is 3.05. The summed E-state index contributed by atoms with van der Waals surface area (Å²) in [6, 6.07) is 11.8. The third-order valence-corrected chi connectivity index (χ3v) is 6.16. The summed E-state index contributed by atoms with van der Waals surface area (Å²) in [6.45, 7) is 2.15. The van der Waals surface area contributed by atoms with E-state index < -0.39 is 30.3 Å². The van der Waals surface area contributed by atoms with Gasteiger partial charge in [-0.25, -0.2) is 0 Å². The molecule has 0 saturated carbocycles. The van der Waals surface area contributed by atoms with Crippen molar-refractivity contribution < 1.29 is 26.6 Å². The molecule has 2 aromatic carbocycles. The van der Waals surface area contributed by atoms with E-state index in [1.165, 1.54) is 11.6 Å². The Bertz CT molecular complexity index is 1150. The number of hydrogen-bond donors (Lipinski definition) is 1. The highest BCUT2D eigenvalue weighted by molar-refractivity contribution is 6.05. The monoisotopic (exact) mass is 451 g/mol. The van der Waals surface area contributed by atoms with Gasteiger partial charge in [-0.15, -0.1) is 0 Å². The molecule has 0 aromatic heterocycles. The van der Waals surface area contributed by atoms with Gasteiger partial charge in [0.2, 0.25) is 11.8 Å². The van der Waals surface area contributed by atoms with Gasteiger partial charge in [-0.1, -0.05) is 30.3 Å². The maximum atomic E-state index is 13.1. The molecule has 0 spiro atoms. The molecule has 2 fully saturated rings. The van der Waals surface area contributed by atoms with Crippen LogP contribution in [0.2, 0.25) is 0 Å². The highest BCUT2D eigenvalue weighted by Crippen LogP contribution is 2.34. The maximum absolute atomic E-state index is 13.1. The summed E-state index contributed by atoms with van der Waals surface area (Å²) in [5, 5.41) is 2.20. The minimum atomic E-state index is -2.26. The molecule has 0 bridgehead atoms. The number of nitrogens with zero attached hydrogens (tertiary/aromatic N) is 2. The minimum absolute atomic E-state index is 0.0531. The van der Waals surface area contributed by atoms with Crippen LogP contribution in [-0.2, 0) is 34.0 Å². The van der Waals surface area contributed by atoms with Crippen LogP contribution < -0.4 is 10.1 Å². The summed E-state index contributed by atoms with van der Waals surface area (Å²) >= 11 is 0. The van der Waals surface area contributed by atoms with Crippen LogP contribution in [0.15, 0.2) is 42.5 Å². The molecule has 0 radical (unpaired) electrons. The number of hydrogen-bond acceptors (Lipinski definition) is 6. The molecule has 8 heteroatoms. The van der Waals surface area contributed by atoms with Crippen LogP contribution in [0.5, 0.6) is 5.75 Å². The zero-order chi connectivity index (χ0) is 24.6. The van der Waals surface area contributed by atoms with Crippen LogP contribution in [0.1, 0.15) is 42.6 Å². The molecule has 0 unspecified atom stereocenters. The number of amides is 3. The van der Waals surface area contributed by atoms with Gasteiger partial charge in [0.15, 0.2) is 0 Å². The van der Waals surface area contributed by atoms with Crippen LogP contribution in [0, 0.1) is 0 Å². The Morgan fingerprint density at radius 2 is 1.82 bits per heavy atom. The molecule has 172 valence electrons. The van der Waals surface area contributed by atoms with Crippen LogP contribution in [0.25, 0.3) is 0 Å². The molecule has 33 heavy (non-hydrogen) atoms. The van der Waals surface area contributed by atoms with Crippen LogP contribution >= 0.6 is 0 Å². The van der Waals surface area contributed by atoms with E-state index in [2.05, 4.69) is 22.3 Å². The second-order valence-corrected chi connectivity index (χ2v) is 8.43. The fourth-order valence-corrected chi connectivity index (χ4v) is 4.31. The molecule has 3 aliphatic heterocycles. The average molecular weight is 452 g/mol. The number of morpholine rings is 1. The second kappa shape index (κ2) is 9.33. The first-order valence-electron chi connectivity index (χ1n) is 12.2. The highest BCUT2D eigenvalue weighted by Gasteiger charge is 2.40. The van der Waals surface area contributed by atoms with Gasteiger partial charge in [-0.2, -0.15) is 0 Å². The lowest BCUT2D eigenvalue weighted by Gasteiger charge is -2.29. The van der Waals surface area contributed by atoms with Crippen molar-refractivity contribution in [1.29, 1.82) is 0 Å². The standard InChI is InChI=1S/C25H27N3O5/c29-23-9-8-21(24(30)26-23)28-15-20-19(25(28)31)2-1-3-22(20)33-16-18-6-4-17(5-7-18)14-27-10-12-32-13-11-27/h1-7,21H,8-16H2,(H,26,29,30)/t21-/m0/s1/i15D2. The highest BCUT2D eigenvalue weighted by atomic mass is 16.5. The number of fused-ring (bicyclic) bond motifs is 1. The van der Waals surface area contributed by atoms with Crippen molar-refractivity contribution in [2.45, 2.75) is 38.5 Å². The van der Waals surface area contributed by atoms with Gasteiger partial charge >= 0.3 is 0 Å². The van der Waals surface area contributed by atoms with Gasteiger partial charge in [0.1, 0.15) is 18.4 Å². The molecular weight excluding hydrogens is 422 g/mol. The number of piperidine rings is 1. The Hall–Kier alpha value is -3.23. The van der Waals surface area contributed by atoms with Gasteiger partial charge in [-0.05, 0) is 29.7 Å². The number of ether oxygens (including phenoxy) is 2. The van der Waals surface area contributed by atoms with Crippen molar-refractivity contribution >= 4 is 17.7 Å². The Labute approximate surface area is 195 Å². The molecule has 1 atom stereocenters. The van der Waals surface area contributed by atoms with Crippen LogP contribution in [-0.4, -0.2) is 59.9 Å². The molecule has 2 aromatic rings. The maximum Gasteiger partial charge on any atom is 0.255 e. The SMILES string of the molecule is [2H]C1([2H])c2c(OCc3ccc(CN4CCOCC4)cc3)cccc2C(=O)N1[C@H]1CCC(=O)NC1=O. The van der Waals surface area contributed by atoms with E-state index >= 15 is 0 Å². The van der Waals surface area contributed by atoms with Gasteiger partial charge in [-0.3, -0.25) is 24.6 Å². The molecule has 3 amide bonds. The fraction of sp³-hybridized carbons (Fsp3) is 0.400. The first-order chi connectivity index (χ1) is 16.8. The smallest absolute Gasteiger partial charge is 0.255 e. The summed E-state index contributed by atoms with van der Waals surface area (Å²) in [5.41, 5.74) is 2.38. The molecule has 3 heterocycles. The molecular formula is C25H27N3O5. The Kier molecular flexibility index (Phi) is 5.44. The number of imide groups is 1. The van der Waals surface area contributed by atoms with E-state index in [1.807, 2.05) is 12.1 Å². The van der Waals surface area contributed by atoms with Gasteiger partial charge in [0.05, 0.1) is 22.5 Å². The third kappa shape index (κ3) is 4.62. The Morgan fingerprint density at radius 3 is 2.58 bits per heavy atom. The third-order valence-electron chi connectivity index (χ3n) is 6.16. The van der Waals surface area contributed by atoms with Crippen molar-refractivity contribution in [2.24, 2.45) is 0 Å². The first kappa shape index (κ1) is 19.3. The van der Waals surface area contributed by atoms with Crippen molar-refractivity contribution in [3.8, 4) is 5.75 Å². The van der Waals surface area contributed by atoms with Crippen LogP contribution in [0.4, 0.5) is 0 Å². The van der Waals surface area contributed by atoms with E-state index in [-0.39, 0.29) is 36.3 Å². The zero-order valence-electron chi connectivity index (χ0n) is 20.2. The predicted molar refractivity (Wildman–Crippen MR) is 119 cm³/mol. The number of rotatable bonds is 6. The largest absolute Gasteiger partial charge is 0.489 e. The number of benzene rings is 2. The summed E-state index contributed by atoms with van der Waals surface area (Å²) in [6.07, 6.45) is 0.133. The quantitative estimate of drug-likeness (QED) is 0.675. The Morgan fingerprint density at radius 1 is 1.06 bits per heavy atom. The van der Waals surface area contributed by atoms with Gasteiger partial charge in [0.25, 0.3) is 5.91 Å². The normalized spacial score (nSPS) is 23.6. The van der Waals surface area contributed by atoms with Crippen LogP contribution in [0.3, 0.4) is 0 Å². The van der Waals surface area contributed by atoms with Crippen molar-refractivity contribution in [3.63, 3.8) is 0 Å². The second-order valence-electron chi connectivity index (χ2n) is 8.43. The zero-order valence-corrected chi connectivity index (χ0v) is 18.2. The van der Waals surface area contributed by atoms with Crippen molar-refractivity contribution in [2.75, 3.05) is 26.3 Å². The molecule has 0 aliphatic carbocycles. The molecule has 3 aliphatic rings. The van der Waals surface area contributed by atoms with E-state index in [1.54, 1.807) is 12.1 Å².